The number of nitrogens with zero attached hydrogens (tertiary/aromatic N) is 1. The minimum atomic E-state index is -0.144. The lowest BCUT2D eigenvalue weighted by atomic mass is 9.78. The van der Waals surface area contributed by atoms with Gasteiger partial charge >= 0.3 is 0 Å². The zero-order valence-electron chi connectivity index (χ0n) is 27.9. The van der Waals surface area contributed by atoms with Crippen molar-refractivity contribution < 1.29 is 10.2 Å². The van der Waals surface area contributed by atoms with Crippen LogP contribution in [0.5, 0.6) is 11.5 Å². The van der Waals surface area contributed by atoms with Crippen molar-refractivity contribution in [2.45, 2.75) is 150 Å². The van der Waals surface area contributed by atoms with E-state index in [2.05, 4.69) is 112 Å². The molecule has 3 heteroatoms. The molecule has 0 radical (unpaired) electrons. The van der Waals surface area contributed by atoms with Crippen LogP contribution in [0.4, 0.5) is 0 Å². The van der Waals surface area contributed by atoms with Gasteiger partial charge in [-0.25, -0.2) is 0 Å². The van der Waals surface area contributed by atoms with Crippen molar-refractivity contribution in [3.05, 3.63) is 57.6 Å². The van der Waals surface area contributed by atoms with Gasteiger partial charge in [-0.15, -0.1) is 0 Å². The Kier molecular flexibility index (Phi) is 9.52. The van der Waals surface area contributed by atoms with Crippen LogP contribution >= 0.6 is 0 Å². The normalized spacial score (nSPS) is 16.1. The van der Waals surface area contributed by atoms with Crippen LogP contribution in [0.25, 0.3) is 0 Å². The van der Waals surface area contributed by atoms with Crippen molar-refractivity contribution in [2.75, 3.05) is 6.54 Å². The third-order valence-corrected chi connectivity index (χ3v) is 8.62. The molecule has 1 fully saturated rings. The Morgan fingerprint density at radius 1 is 0.550 bits per heavy atom. The monoisotopic (exact) mass is 549 g/mol. The third kappa shape index (κ3) is 8.05. The number of benzene rings is 2. The summed E-state index contributed by atoms with van der Waals surface area (Å²) in [6.45, 7) is 29.1. The summed E-state index contributed by atoms with van der Waals surface area (Å²) in [5.41, 5.74) is 6.09. The van der Waals surface area contributed by atoms with Gasteiger partial charge in [0, 0.05) is 19.6 Å². The molecule has 3 nitrogen and oxygen atoms in total. The first-order valence-corrected chi connectivity index (χ1v) is 15.6. The van der Waals surface area contributed by atoms with Gasteiger partial charge in [-0.3, -0.25) is 4.90 Å². The van der Waals surface area contributed by atoms with E-state index < -0.39 is 0 Å². The maximum absolute atomic E-state index is 11.3. The molecule has 0 bridgehead atoms. The Bertz CT molecular complexity index is 1010. The Labute approximate surface area is 246 Å². The molecule has 1 saturated carbocycles. The first-order chi connectivity index (χ1) is 18.2. The van der Waals surface area contributed by atoms with Crippen LogP contribution < -0.4 is 0 Å². The molecule has 0 amide bonds. The Balaban J connectivity index is 2.10. The third-order valence-electron chi connectivity index (χ3n) is 8.62. The molecule has 40 heavy (non-hydrogen) atoms. The minimum Gasteiger partial charge on any atom is -0.507 e. The highest BCUT2D eigenvalue weighted by atomic mass is 16.3. The standard InChI is InChI=1S/C37H59NO2/c1-34(2,3)28-18-26(19-29(32(28)39)35(4,5)6)23-38(22-25-16-14-13-15-17-25)24-27-20-30(36(7,8)9)33(40)31(21-27)37(10,11)12/h18-21,25,39-40H,13-17,22-24H2,1-12H3. The van der Waals surface area contributed by atoms with Gasteiger partial charge in [0.25, 0.3) is 0 Å². The van der Waals surface area contributed by atoms with Crippen molar-refractivity contribution >= 4 is 0 Å². The Morgan fingerprint density at radius 3 is 1.12 bits per heavy atom. The van der Waals surface area contributed by atoms with E-state index in [1.807, 2.05) is 0 Å². The molecule has 224 valence electrons. The van der Waals surface area contributed by atoms with Gasteiger partial charge in [0.2, 0.25) is 0 Å². The minimum absolute atomic E-state index is 0.144. The van der Waals surface area contributed by atoms with Gasteiger partial charge < -0.3 is 10.2 Å². The van der Waals surface area contributed by atoms with Crippen LogP contribution in [0.15, 0.2) is 24.3 Å². The van der Waals surface area contributed by atoms with Crippen LogP contribution in [0.1, 0.15) is 149 Å². The molecule has 2 N–H and O–H groups in total. The number of hydrogen-bond acceptors (Lipinski definition) is 3. The average molecular weight is 550 g/mol. The zero-order valence-corrected chi connectivity index (χ0v) is 27.9. The summed E-state index contributed by atoms with van der Waals surface area (Å²) in [5.74, 6) is 1.62. The Morgan fingerprint density at radius 2 is 0.850 bits per heavy atom. The number of phenols is 2. The van der Waals surface area contributed by atoms with E-state index in [0.29, 0.717) is 11.5 Å². The highest BCUT2D eigenvalue weighted by Gasteiger charge is 2.29. The van der Waals surface area contributed by atoms with E-state index in [-0.39, 0.29) is 21.7 Å². The van der Waals surface area contributed by atoms with Crippen LogP contribution in [0.2, 0.25) is 0 Å². The average Bonchev–Trinajstić information content (AvgIpc) is 2.78. The zero-order chi connectivity index (χ0) is 30.3. The fourth-order valence-electron chi connectivity index (χ4n) is 6.29. The summed E-state index contributed by atoms with van der Waals surface area (Å²) in [6.07, 6.45) is 6.65. The first-order valence-electron chi connectivity index (χ1n) is 15.6. The summed E-state index contributed by atoms with van der Waals surface area (Å²) < 4.78 is 0. The molecule has 0 heterocycles. The first kappa shape index (κ1) is 32.5. The van der Waals surface area contributed by atoms with Crippen LogP contribution in [-0.2, 0) is 34.7 Å². The molecule has 0 aromatic heterocycles. The molecule has 0 saturated heterocycles. The van der Waals surface area contributed by atoms with Crippen molar-refractivity contribution in [1.29, 1.82) is 0 Å². The molecule has 0 spiro atoms. The molecule has 1 aliphatic rings. The van der Waals surface area contributed by atoms with E-state index in [1.54, 1.807) is 0 Å². The number of rotatable bonds is 6. The molecule has 0 unspecified atom stereocenters. The van der Waals surface area contributed by atoms with E-state index in [9.17, 15) is 10.2 Å². The maximum Gasteiger partial charge on any atom is 0.123 e. The van der Waals surface area contributed by atoms with Crippen LogP contribution in [-0.4, -0.2) is 21.7 Å². The van der Waals surface area contributed by atoms with Gasteiger partial charge in [-0.05, 0) is 73.8 Å². The number of aromatic hydroxyl groups is 2. The molecule has 2 aromatic rings. The molecule has 0 atom stereocenters. The topological polar surface area (TPSA) is 43.7 Å². The van der Waals surface area contributed by atoms with Crippen molar-refractivity contribution in [1.82, 2.24) is 4.90 Å². The van der Waals surface area contributed by atoms with Gasteiger partial charge in [-0.1, -0.05) is 127 Å². The maximum atomic E-state index is 11.3. The lowest BCUT2D eigenvalue weighted by molar-refractivity contribution is 0.186. The predicted octanol–water partition coefficient (Wildman–Crippen LogP) is 9.87. The molecular weight excluding hydrogens is 490 g/mol. The molecule has 0 aliphatic heterocycles. The van der Waals surface area contributed by atoms with E-state index >= 15 is 0 Å². The predicted molar refractivity (Wildman–Crippen MR) is 172 cm³/mol. The smallest absolute Gasteiger partial charge is 0.123 e. The quantitative estimate of drug-likeness (QED) is 0.377. The molecule has 3 rings (SSSR count). The van der Waals surface area contributed by atoms with Gasteiger partial charge in [0.15, 0.2) is 0 Å². The second-order valence-electron chi connectivity index (χ2n) is 16.8. The summed E-state index contributed by atoms with van der Waals surface area (Å²) in [7, 11) is 0. The highest BCUT2D eigenvalue weighted by molar-refractivity contribution is 5.51. The summed E-state index contributed by atoms with van der Waals surface area (Å²) >= 11 is 0. The molecule has 1 aliphatic carbocycles. The SMILES string of the molecule is CC(C)(C)c1cc(CN(Cc2cc(C(C)(C)C)c(O)c(C(C)(C)C)c2)CC2CCCCC2)cc(C(C)(C)C)c1O. The lowest BCUT2D eigenvalue weighted by Crippen LogP contribution is -2.31. The van der Waals surface area contributed by atoms with Gasteiger partial charge in [0.1, 0.15) is 11.5 Å². The summed E-state index contributed by atoms with van der Waals surface area (Å²) in [4.78, 5) is 2.63. The van der Waals surface area contributed by atoms with Crippen LogP contribution in [0.3, 0.4) is 0 Å². The van der Waals surface area contributed by atoms with Crippen LogP contribution in [0, 0.1) is 5.92 Å². The van der Waals surface area contributed by atoms with Crippen molar-refractivity contribution in [3.8, 4) is 11.5 Å². The second-order valence-corrected chi connectivity index (χ2v) is 16.8. The number of hydrogen-bond donors (Lipinski definition) is 2. The second kappa shape index (κ2) is 11.7. The highest BCUT2D eigenvalue weighted by Crippen LogP contribution is 2.42. The van der Waals surface area contributed by atoms with Gasteiger partial charge in [-0.2, -0.15) is 0 Å². The van der Waals surface area contributed by atoms with Gasteiger partial charge in [0.05, 0.1) is 0 Å². The fraction of sp³-hybridized carbons (Fsp3) is 0.676. The molecule has 2 aromatic carbocycles. The number of phenolic OH excluding ortho intramolecular Hbond substituents is 2. The van der Waals surface area contributed by atoms with E-state index in [4.69, 9.17) is 0 Å². The lowest BCUT2D eigenvalue weighted by Gasteiger charge is -2.33. The van der Waals surface area contributed by atoms with Crippen molar-refractivity contribution in [3.63, 3.8) is 0 Å². The molecular formula is C37H59NO2. The fourth-order valence-corrected chi connectivity index (χ4v) is 6.29. The van der Waals surface area contributed by atoms with Crippen molar-refractivity contribution in [2.24, 2.45) is 5.92 Å². The Hall–Kier alpha value is -2.00. The largest absolute Gasteiger partial charge is 0.507 e. The van der Waals surface area contributed by atoms with E-state index in [0.717, 1.165) is 47.8 Å². The van der Waals surface area contributed by atoms with E-state index in [1.165, 1.54) is 43.2 Å². The summed E-state index contributed by atoms with van der Waals surface area (Å²) in [5, 5.41) is 22.6. The summed E-state index contributed by atoms with van der Waals surface area (Å²) in [6, 6.07) is 8.99.